The second-order valence-corrected chi connectivity index (χ2v) is 7.54. The van der Waals surface area contributed by atoms with Gasteiger partial charge in [-0.3, -0.25) is 0 Å². The zero-order chi connectivity index (χ0) is 12.8. The van der Waals surface area contributed by atoms with E-state index in [-0.39, 0.29) is 17.8 Å². The van der Waals surface area contributed by atoms with Crippen molar-refractivity contribution in [1.82, 2.24) is 5.32 Å². The van der Waals surface area contributed by atoms with E-state index in [1.54, 1.807) is 0 Å². The molecule has 0 spiro atoms. The van der Waals surface area contributed by atoms with Crippen LogP contribution < -0.4 is 5.32 Å². The van der Waals surface area contributed by atoms with Gasteiger partial charge in [-0.15, -0.1) is 0 Å². The van der Waals surface area contributed by atoms with Gasteiger partial charge < -0.3 is 10.1 Å². The molecule has 0 heterocycles. The van der Waals surface area contributed by atoms with Gasteiger partial charge in [-0.25, -0.2) is 8.42 Å². The first kappa shape index (κ1) is 15.9. The molecule has 5 heteroatoms. The van der Waals surface area contributed by atoms with Crippen LogP contribution in [0.3, 0.4) is 0 Å². The molecule has 98 valence electrons. The van der Waals surface area contributed by atoms with Crippen LogP contribution in [0.15, 0.2) is 0 Å². The summed E-state index contributed by atoms with van der Waals surface area (Å²) in [4.78, 5) is 0. The van der Waals surface area contributed by atoms with Gasteiger partial charge in [-0.1, -0.05) is 20.8 Å². The molecule has 0 aromatic rings. The van der Waals surface area contributed by atoms with Crippen LogP contribution in [0.2, 0.25) is 0 Å². The molecule has 0 aromatic heterocycles. The summed E-state index contributed by atoms with van der Waals surface area (Å²) in [6, 6.07) is 0.408. The molecule has 16 heavy (non-hydrogen) atoms. The molecule has 0 radical (unpaired) electrons. The van der Waals surface area contributed by atoms with Crippen LogP contribution in [0.1, 0.15) is 27.7 Å². The third-order valence-electron chi connectivity index (χ3n) is 2.59. The summed E-state index contributed by atoms with van der Waals surface area (Å²) >= 11 is 0. The minimum absolute atomic E-state index is 0.0990. The number of rotatable bonds is 7. The Bertz CT molecular complexity index is 280. The molecule has 1 N–H and O–H groups in total. The fraction of sp³-hybridized carbons (Fsp3) is 1.00. The Hall–Kier alpha value is -0.130. The van der Waals surface area contributed by atoms with Gasteiger partial charge in [0.1, 0.15) is 9.84 Å². The van der Waals surface area contributed by atoms with E-state index in [2.05, 4.69) is 33.0 Å². The van der Waals surface area contributed by atoms with Crippen LogP contribution in [-0.2, 0) is 14.6 Å². The number of ether oxygens (including phenoxy) is 1. The Morgan fingerprint density at radius 1 is 1.25 bits per heavy atom. The molecule has 0 fully saturated rings. The van der Waals surface area contributed by atoms with Gasteiger partial charge in [0.05, 0.1) is 19.0 Å². The highest BCUT2D eigenvalue weighted by atomic mass is 32.2. The third-order valence-corrected chi connectivity index (χ3v) is 3.50. The topological polar surface area (TPSA) is 55.4 Å². The molecule has 1 unspecified atom stereocenters. The van der Waals surface area contributed by atoms with Gasteiger partial charge in [0.25, 0.3) is 0 Å². The van der Waals surface area contributed by atoms with Crippen LogP contribution in [-0.4, -0.2) is 46.2 Å². The summed E-state index contributed by atoms with van der Waals surface area (Å²) in [6.07, 6.45) is 1.22. The summed E-state index contributed by atoms with van der Waals surface area (Å²) in [5.41, 5.74) is 0.229. The number of hydrogen-bond acceptors (Lipinski definition) is 4. The fourth-order valence-electron chi connectivity index (χ4n) is 0.966. The normalized spacial score (nSPS) is 15.1. The summed E-state index contributed by atoms with van der Waals surface area (Å²) in [6.45, 7) is 10.2. The molecule has 0 saturated carbocycles. The molecule has 1 atom stereocenters. The molecule has 0 aliphatic carbocycles. The summed E-state index contributed by atoms with van der Waals surface area (Å²) in [5.74, 6) is 0.0990. The average Bonchev–Trinajstić information content (AvgIpc) is 2.07. The maximum absolute atomic E-state index is 10.8. The van der Waals surface area contributed by atoms with E-state index in [0.717, 1.165) is 6.54 Å². The predicted octanol–water partition coefficient (Wildman–Crippen LogP) is 1.07. The Balaban J connectivity index is 3.48. The summed E-state index contributed by atoms with van der Waals surface area (Å²) < 4.78 is 26.8. The second kappa shape index (κ2) is 6.57. The molecule has 0 bridgehead atoms. The molecule has 0 saturated heterocycles. The zero-order valence-corrected chi connectivity index (χ0v) is 11.9. The first-order valence-electron chi connectivity index (χ1n) is 5.62. The van der Waals surface area contributed by atoms with E-state index in [0.29, 0.717) is 12.6 Å². The standard InChI is InChI=1S/C11H25NO3S/c1-10(11(2,3)4)12-6-7-15-8-9-16(5,13)14/h10,12H,6-9H2,1-5H3. The fourth-order valence-corrected chi connectivity index (χ4v) is 1.39. The molecular formula is C11H25NO3S. The lowest BCUT2D eigenvalue weighted by Crippen LogP contribution is -2.39. The molecule has 0 aliphatic heterocycles. The number of nitrogens with one attached hydrogen (secondary N) is 1. The Morgan fingerprint density at radius 3 is 2.25 bits per heavy atom. The van der Waals surface area contributed by atoms with E-state index in [1.165, 1.54) is 6.26 Å². The highest BCUT2D eigenvalue weighted by Crippen LogP contribution is 2.17. The van der Waals surface area contributed by atoms with Crippen molar-refractivity contribution in [3.05, 3.63) is 0 Å². The first-order valence-corrected chi connectivity index (χ1v) is 7.68. The van der Waals surface area contributed by atoms with Gasteiger partial charge in [0, 0.05) is 18.8 Å². The van der Waals surface area contributed by atoms with Crippen molar-refractivity contribution in [1.29, 1.82) is 0 Å². The van der Waals surface area contributed by atoms with Gasteiger partial charge in [-0.2, -0.15) is 0 Å². The van der Waals surface area contributed by atoms with Gasteiger partial charge in [0.15, 0.2) is 0 Å². The quantitative estimate of drug-likeness (QED) is 0.688. The van der Waals surface area contributed by atoms with Crippen molar-refractivity contribution in [2.24, 2.45) is 5.41 Å². The molecule has 0 aliphatic rings. The van der Waals surface area contributed by atoms with Crippen molar-refractivity contribution in [3.8, 4) is 0 Å². The minimum atomic E-state index is -2.90. The lowest BCUT2D eigenvalue weighted by atomic mass is 9.88. The van der Waals surface area contributed by atoms with E-state index < -0.39 is 9.84 Å². The molecule has 0 amide bonds. The van der Waals surface area contributed by atoms with Crippen molar-refractivity contribution < 1.29 is 13.2 Å². The van der Waals surface area contributed by atoms with E-state index in [9.17, 15) is 8.42 Å². The van der Waals surface area contributed by atoms with Crippen molar-refractivity contribution in [3.63, 3.8) is 0 Å². The lowest BCUT2D eigenvalue weighted by Gasteiger charge is -2.28. The smallest absolute Gasteiger partial charge is 0.149 e. The highest BCUT2D eigenvalue weighted by Gasteiger charge is 2.18. The molecule has 4 nitrogen and oxygen atoms in total. The van der Waals surface area contributed by atoms with Crippen LogP contribution in [0.25, 0.3) is 0 Å². The average molecular weight is 251 g/mol. The monoisotopic (exact) mass is 251 g/mol. The molecular weight excluding hydrogens is 226 g/mol. The zero-order valence-electron chi connectivity index (χ0n) is 11.0. The first-order chi connectivity index (χ1) is 7.13. The van der Waals surface area contributed by atoms with Gasteiger partial charge >= 0.3 is 0 Å². The van der Waals surface area contributed by atoms with Crippen LogP contribution in [0, 0.1) is 5.41 Å². The van der Waals surface area contributed by atoms with Crippen molar-refractivity contribution >= 4 is 9.84 Å². The maximum atomic E-state index is 10.8. The van der Waals surface area contributed by atoms with Crippen molar-refractivity contribution in [2.45, 2.75) is 33.7 Å². The minimum Gasteiger partial charge on any atom is -0.379 e. The predicted molar refractivity (Wildman–Crippen MR) is 67.4 cm³/mol. The lowest BCUT2D eigenvalue weighted by molar-refractivity contribution is 0.142. The van der Waals surface area contributed by atoms with Gasteiger partial charge in [-0.05, 0) is 12.3 Å². The number of sulfone groups is 1. The largest absolute Gasteiger partial charge is 0.379 e. The van der Waals surface area contributed by atoms with E-state index >= 15 is 0 Å². The SMILES string of the molecule is CC(NCCOCCS(C)(=O)=O)C(C)(C)C. The van der Waals surface area contributed by atoms with E-state index in [4.69, 9.17) is 4.74 Å². The number of hydrogen-bond donors (Lipinski definition) is 1. The molecule has 0 aromatic carbocycles. The third kappa shape index (κ3) is 9.12. The van der Waals surface area contributed by atoms with Gasteiger partial charge in [0.2, 0.25) is 0 Å². The Labute approximate surface area is 99.7 Å². The second-order valence-electron chi connectivity index (χ2n) is 5.28. The maximum Gasteiger partial charge on any atom is 0.149 e. The summed E-state index contributed by atoms with van der Waals surface area (Å²) in [5, 5.41) is 3.35. The Morgan fingerprint density at radius 2 is 1.81 bits per heavy atom. The highest BCUT2D eigenvalue weighted by molar-refractivity contribution is 7.90. The van der Waals surface area contributed by atoms with Crippen LogP contribution in [0.4, 0.5) is 0 Å². The van der Waals surface area contributed by atoms with Crippen LogP contribution in [0.5, 0.6) is 0 Å². The van der Waals surface area contributed by atoms with E-state index in [1.807, 2.05) is 0 Å². The van der Waals surface area contributed by atoms with Crippen LogP contribution >= 0.6 is 0 Å². The molecule has 0 rings (SSSR count). The van der Waals surface area contributed by atoms with Crippen molar-refractivity contribution in [2.75, 3.05) is 31.8 Å². The summed E-state index contributed by atoms with van der Waals surface area (Å²) in [7, 11) is -2.90. The Kier molecular flexibility index (Phi) is 6.51.